The van der Waals surface area contributed by atoms with E-state index in [1.807, 2.05) is 18.2 Å². The number of nitrogens with zero attached hydrogens (tertiary/aromatic N) is 2. The maximum Gasteiger partial charge on any atom is 0.406 e. The average molecular weight is 399 g/mol. The van der Waals surface area contributed by atoms with Crippen LogP contribution in [0.25, 0.3) is 6.08 Å². The van der Waals surface area contributed by atoms with Gasteiger partial charge < -0.3 is 0 Å². The molecule has 0 aliphatic heterocycles. The SMILES string of the molecule is O=c1nc(NS(=O)(=O)C2=Cc3ccccc3CCC2)ccn1CC(F)(F)F. The number of aromatic nitrogens is 2. The molecule has 0 fully saturated rings. The van der Waals surface area contributed by atoms with Crippen LogP contribution in [0.4, 0.5) is 19.0 Å². The van der Waals surface area contributed by atoms with E-state index in [9.17, 15) is 26.4 Å². The van der Waals surface area contributed by atoms with Crippen LogP contribution in [0.5, 0.6) is 0 Å². The molecule has 0 radical (unpaired) electrons. The Morgan fingerprint density at radius 1 is 1.15 bits per heavy atom. The van der Waals surface area contributed by atoms with Crippen molar-refractivity contribution in [1.82, 2.24) is 9.55 Å². The molecule has 144 valence electrons. The zero-order valence-corrected chi connectivity index (χ0v) is 14.8. The first-order valence-corrected chi connectivity index (χ1v) is 9.58. The third kappa shape index (κ3) is 4.76. The van der Waals surface area contributed by atoms with Crippen molar-refractivity contribution in [3.8, 4) is 0 Å². The van der Waals surface area contributed by atoms with Gasteiger partial charge in [-0.3, -0.25) is 9.29 Å². The first-order valence-electron chi connectivity index (χ1n) is 8.10. The number of aryl methyl sites for hydroxylation is 1. The Hall–Kier alpha value is -2.62. The second-order valence-electron chi connectivity index (χ2n) is 6.11. The summed E-state index contributed by atoms with van der Waals surface area (Å²) >= 11 is 0. The van der Waals surface area contributed by atoms with Crippen LogP contribution in [0.2, 0.25) is 0 Å². The molecule has 1 aromatic carbocycles. The Morgan fingerprint density at radius 2 is 1.89 bits per heavy atom. The van der Waals surface area contributed by atoms with Crippen LogP contribution in [-0.4, -0.2) is 24.1 Å². The van der Waals surface area contributed by atoms with Gasteiger partial charge in [0.05, 0.1) is 4.91 Å². The minimum atomic E-state index is -4.58. The first kappa shape index (κ1) is 19.2. The molecule has 1 aliphatic rings. The standard InChI is InChI=1S/C17H16F3N3O3S/c18-17(19,20)11-23-9-8-15(21-16(23)24)22-27(25,26)14-7-3-6-12-4-1-2-5-13(12)10-14/h1-2,4-5,8-10H,3,6-7,11H2,(H,21,22,24). The highest BCUT2D eigenvalue weighted by molar-refractivity contribution is 7.96. The van der Waals surface area contributed by atoms with E-state index >= 15 is 0 Å². The molecule has 6 nitrogen and oxygen atoms in total. The molecule has 1 aromatic heterocycles. The van der Waals surface area contributed by atoms with E-state index in [1.165, 1.54) is 0 Å². The van der Waals surface area contributed by atoms with Crippen molar-refractivity contribution in [2.75, 3.05) is 4.72 Å². The number of sulfonamides is 1. The summed E-state index contributed by atoms with van der Waals surface area (Å²) in [6.45, 7) is -1.49. The first-order chi connectivity index (χ1) is 12.6. The van der Waals surface area contributed by atoms with E-state index in [0.29, 0.717) is 17.4 Å². The second-order valence-corrected chi connectivity index (χ2v) is 7.84. The Labute approximate surface area is 153 Å². The zero-order valence-electron chi connectivity index (χ0n) is 14.0. The quantitative estimate of drug-likeness (QED) is 0.857. The molecule has 0 saturated heterocycles. The molecule has 2 aromatic rings. The number of rotatable bonds is 4. The van der Waals surface area contributed by atoms with Gasteiger partial charge in [-0.15, -0.1) is 0 Å². The Morgan fingerprint density at radius 3 is 2.59 bits per heavy atom. The van der Waals surface area contributed by atoms with Crippen molar-refractivity contribution in [1.29, 1.82) is 0 Å². The maximum atomic E-state index is 12.6. The van der Waals surface area contributed by atoms with E-state index in [0.717, 1.165) is 29.8 Å². The molecule has 1 N–H and O–H groups in total. The summed E-state index contributed by atoms with van der Waals surface area (Å²) < 4.78 is 65.0. The van der Waals surface area contributed by atoms with Crippen LogP contribution in [0.3, 0.4) is 0 Å². The summed E-state index contributed by atoms with van der Waals surface area (Å²) in [5.41, 5.74) is 0.646. The highest BCUT2D eigenvalue weighted by Gasteiger charge is 2.29. The molecule has 1 aliphatic carbocycles. The minimum absolute atomic E-state index is 0.133. The summed E-state index contributed by atoms with van der Waals surface area (Å²) in [6, 6.07) is 8.45. The summed E-state index contributed by atoms with van der Waals surface area (Å²) in [5.74, 6) is -0.322. The largest absolute Gasteiger partial charge is 0.406 e. The predicted molar refractivity (Wildman–Crippen MR) is 94.5 cm³/mol. The molecule has 27 heavy (non-hydrogen) atoms. The fourth-order valence-electron chi connectivity index (χ4n) is 2.82. The molecule has 0 unspecified atom stereocenters. The van der Waals surface area contributed by atoms with Crippen molar-refractivity contribution < 1.29 is 21.6 Å². The lowest BCUT2D eigenvalue weighted by atomic mass is 10.1. The lowest BCUT2D eigenvalue weighted by Crippen LogP contribution is -2.30. The normalized spacial score (nSPS) is 14.9. The molecule has 0 spiro atoms. The molecule has 3 rings (SSSR count). The highest BCUT2D eigenvalue weighted by Crippen LogP contribution is 2.27. The Kier molecular flexibility index (Phi) is 5.09. The van der Waals surface area contributed by atoms with Gasteiger partial charge in [-0.25, -0.2) is 13.2 Å². The smallest absolute Gasteiger partial charge is 0.290 e. The fourth-order valence-corrected chi connectivity index (χ4v) is 4.03. The van der Waals surface area contributed by atoms with Crippen molar-refractivity contribution in [2.24, 2.45) is 0 Å². The van der Waals surface area contributed by atoms with Gasteiger partial charge in [-0.1, -0.05) is 24.3 Å². The van der Waals surface area contributed by atoms with Crippen molar-refractivity contribution in [2.45, 2.75) is 32.0 Å². The van der Waals surface area contributed by atoms with Crippen LogP contribution < -0.4 is 10.4 Å². The number of hydrogen-bond acceptors (Lipinski definition) is 4. The fraction of sp³-hybridized carbons (Fsp3) is 0.294. The third-order valence-corrected chi connectivity index (χ3v) is 5.54. The molecule has 0 atom stereocenters. The summed E-state index contributed by atoms with van der Waals surface area (Å²) in [4.78, 5) is 15.2. The maximum absolute atomic E-state index is 12.6. The summed E-state index contributed by atoms with van der Waals surface area (Å²) in [5, 5.41) is 0. The lowest BCUT2D eigenvalue weighted by Gasteiger charge is -2.12. The van der Waals surface area contributed by atoms with E-state index < -0.39 is 28.4 Å². The molecule has 0 amide bonds. The lowest BCUT2D eigenvalue weighted by molar-refractivity contribution is -0.141. The number of anilines is 1. The average Bonchev–Trinajstić information content (AvgIpc) is 2.79. The molecule has 1 heterocycles. The summed E-state index contributed by atoms with van der Waals surface area (Å²) in [7, 11) is -3.99. The van der Waals surface area contributed by atoms with Gasteiger partial charge in [-0.2, -0.15) is 18.2 Å². The zero-order chi connectivity index (χ0) is 19.7. The van der Waals surface area contributed by atoms with Gasteiger partial charge >= 0.3 is 11.9 Å². The third-order valence-electron chi connectivity index (χ3n) is 4.05. The Balaban J connectivity index is 1.86. The molecular formula is C17H16F3N3O3S. The minimum Gasteiger partial charge on any atom is -0.290 e. The van der Waals surface area contributed by atoms with Crippen molar-refractivity contribution >= 4 is 21.9 Å². The number of allylic oxidation sites excluding steroid dienone is 1. The van der Waals surface area contributed by atoms with Crippen LogP contribution in [0.1, 0.15) is 24.0 Å². The van der Waals surface area contributed by atoms with Crippen LogP contribution >= 0.6 is 0 Å². The second kappa shape index (κ2) is 7.18. The molecule has 0 saturated carbocycles. The van der Waals surface area contributed by atoms with Gasteiger partial charge in [-0.05, 0) is 42.5 Å². The number of fused-ring (bicyclic) bond motifs is 1. The number of benzene rings is 1. The monoisotopic (exact) mass is 399 g/mol. The van der Waals surface area contributed by atoms with Crippen LogP contribution in [0, 0.1) is 0 Å². The van der Waals surface area contributed by atoms with Gasteiger partial charge in [0.2, 0.25) is 0 Å². The van der Waals surface area contributed by atoms with Gasteiger partial charge in [0.25, 0.3) is 10.0 Å². The van der Waals surface area contributed by atoms with Crippen molar-refractivity contribution in [3.63, 3.8) is 0 Å². The van der Waals surface area contributed by atoms with E-state index in [4.69, 9.17) is 0 Å². The van der Waals surface area contributed by atoms with Gasteiger partial charge in [0, 0.05) is 6.20 Å². The number of halogens is 3. The number of nitrogens with one attached hydrogen (secondary N) is 1. The highest BCUT2D eigenvalue weighted by atomic mass is 32.2. The van der Waals surface area contributed by atoms with Gasteiger partial charge in [0.1, 0.15) is 12.4 Å². The van der Waals surface area contributed by atoms with E-state index in [1.54, 1.807) is 12.1 Å². The van der Waals surface area contributed by atoms with E-state index in [-0.39, 0.29) is 10.7 Å². The molecule has 10 heteroatoms. The topological polar surface area (TPSA) is 81.1 Å². The van der Waals surface area contributed by atoms with Crippen LogP contribution in [-0.2, 0) is 23.0 Å². The number of hydrogen-bond donors (Lipinski definition) is 1. The number of alkyl halides is 3. The summed E-state index contributed by atoms with van der Waals surface area (Å²) in [6.07, 6.45) is -0.491. The molecule has 0 bridgehead atoms. The van der Waals surface area contributed by atoms with E-state index in [2.05, 4.69) is 9.71 Å². The van der Waals surface area contributed by atoms with Crippen molar-refractivity contribution in [3.05, 3.63) is 63.0 Å². The molecular weight excluding hydrogens is 383 g/mol. The van der Waals surface area contributed by atoms with Gasteiger partial charge in [0.15, 0.2) is 0 Å². The van der Waals surface area contributed by atoms with Crippen LogP contribution in [0.15, 0.2) is 46.2 Å². The Bertz CT molecular complexity index is 1040. The predicted octanol–water partition coefficient (Wildman–Crippen LogP) is 2.92.